The van der Waals surface area contributed by atoms with Gasteiger partial charge in [-0.05, 0) is 141 Å². The predicted octanol–water partition coefficient (Wildman–Crippen LogP) is 15.3. The number of rotatable bonds is 5. The Morgan fingerprint density at radius 3 is 2.14 bits per heavy atom. The van der Waals surface area contributed by atoms with E-state index >= 15 is 0 Å². The van der Waals surface area contributed by atoms with E-state index in [0.717, 1.165) is 5.92 Å². The van der Waals surface area contributed by atoms with E-state index in [1.165, 1.54) is 131 Å². The number of benzene rings is 7. The molecule has 0 radical (unpaired) electrons. The van der Waals surface area contributed by atoms with Gasteiger partial charge in [0.25, 0.3) is 0 Å². The molecule has 0 aliphatic heterocycles. The van der Waals surface area contributed by atoms with Gasteiger partial charge in [-0.25, -0.2) is 0 Å². The lowest BCUT2D eigenvalue weighted by Gasteiger charge is -2.54. The minimum absolute atomic E-state index is 0.0653. The van der Waals surface area contributed by atoms with E-state index in [0.29, 0.717) is 11.8 Å². The fourth-order valence-electron chi connectivity index (χ4n) is 13.6. The molecular weight excluding hydrogens is 687 g/mol. The van der Waals surface area contributed by atoms with Gasteiger partial charge in [0.15, 0.2) is 0 Å². The van der Waals surface area contributed by atoms with Crippen LogP contribution in [0.1, 0.15) is 93.4 Å². The first-order chi connectivity index (χ1) is 28.2. The summed E-state index contributed by atoms with van der Waals surface area (Å²) in [6.45, 7) is 2.47. The second-order valence-electron chi connectivity index (χ2n) is 18.2. The summed E-state index contributed by atoms with van der Waals surface area (Å²) in [4.78, 5) is 2.64. The zero-order valence-corrected chi connectivity index (χ0v) is 33.2. The molecular formula is C56H51N. The summed E-state index contributed by atoms with van der Waals surface area (Å²) < 4.78 is 0. The van der Waals surface area contributed by atoms with Gasteiger partial charge in [0.1, 0.15) is 0 Å². The maximum absolute atomic E-state index is 2.64. The highest BCUT2D eigenvalue weighted by Crippen LogP contribution is 2.66. The van der Waals surface area contributed by atoms with Gasteiger partial charge in [0.05, 0.1) is 5.69 Å². The van der Waals surface area contributed by atoms with Crippen LogP contribution in [0.25, 0.3) is 44.2 Å². The molecule has 3 saturated carbocycles. The molecule has 7 aromatic rings. The molecule has 7 aromatic carbocycles. The maximum atomic E-state index is 2.64. The molecule has 5 aliphatic carbocycles. The van der Waals surface area contributed by atoms with Gasteiger partial charge in [-0.3, -0.25) is 0 Å². The predicted molar refractivity (Wildman–Crippen MR) is 239 cm³/mol. The van der Waals surface area contributed by atoms with Crippen LogP contribution in [0.2, 0.25) is 0 Å². The summed E-state index contributed by atoms with van der Waals surface area (Å²) in [5.74, 6) is 2.22. The molecule has 4 atom stereocenters. The Morgan fingerprint density at radius 1 is 0.544 bits per heavy atom. The van der Waals surface area contributed by atoms with Crippen LogP contribution in [-0.4, -0.2) is 0 Å². The van der Waals surface area contributed by atoms with Gasteiger partial charge in [0.2, 0.25) is 0 Å². The Hall–Kier alpha value is -5.40. The molecule has 0 aromatic heterocycles. The van der Waals surface area contributed by atoms with E-state index in [1.807, 2.05) is 0 Å². The highest BCUT2D eigenvalue weighted by molar-refractivity contribution is 6.00. The zero-order chi connectivity index (χ0) is 37.7. The number of hydrogen-bond acceptors (Lipinski definition) is 1. The van der Waals surface area contributed by atoms with Crippen LogP contribution >= 0.6 is 0 Å². The van der Waals surface area contributed by atoms with Gasteiger partial charge in [-0.1, -0.05) is 160 Å². The molecule has 12 rings (SSSR count). The number of fused-ring (bicyclic) bond motifs is 14. The summed E-state index contributed by atoms with van der Waals surface area (Å²) in [7, 11) is 0. The number of anilines is 3. The fourth-order valence-corrected chi connectivity index (χ4v) is 13.6. The van der Waals surface area contributed by atoms with E-state index in [-0.39, 0.29) is 10.8 Å². The van der Waals surface area contributed by atoms with Gasteiger partial charge in [-0.15, -0.1) is 0 Å². The molecule has 0 amide bonds. The second kappa shape index (κ2) is 12.8. The minimum atomic E-state index is 0.0653. The molecule has 0 heterocycles. The first kappa shape index (κ1) is 33.7. The van der Waals surface area contributed by atoms with Crippen LogP contribution in [0.3, 0.4) is 0 Å². The lowest BCUT2D eigenvalue weighted by Crippen LogP contribution is -2.48. The lowest BCUT2D eigenvalue weighted by molar-refractivity contribution is 0.0557. The van der Waals surface area contributed by atoms with Crippen molar-refractivity contribution in [2.75, 3.05) is 4.90 Å². The summed E-state index contributed by atoms with van der Waals surface area (Å²) in [5.41, 5.74) is 18.6. The van der Waals surface area contributed by atoms with Crippen LogP contribution < -0.4 is 4.90 Å². The summed E-state index contributed by atoms with van der Waals surface area (Å²) in [5, 5.41) is 2.57. The van der Waals surface area contributed by atoms with E-state index in [2.05, 4.69) is 163 Å². The van der Waals surface area contributed by atoms with Crippen molar-refractivity contribution in [2.45, 2.75) is 82.0 Å². The number of hydrogen-bond donors (Lipinski definition) is 0. The van der Waals surface area contributed by atoms with Gasteiger partial charge >= 0.3 is 0 Å². The van der Waals surface area contributed by atoms with Gasteiger partial charge in [-0.2, -0.15) is 0 Å². The van der Waals surface area contributed by atoms with Crippen molar-refractivity contribution in [1.29, 1.82) is 0 Å². The van der Waals surface area contributed by atoms with Crippen molar-refractivity contribution < 1.29 is 0 Å². The third-order valence-electron chi connectivity index (χ3n) is 15.7. The Bertz CT molecular complexity index is 2700. The topological polar surface area (TPSA) is 3.24 Å². The second-order valence-corrected chi connectivity index (χ2v) is 18.2. The molecule has 57 heavy (non-hydrogen) atoms. The zero-order valence-electron chi connectivity index (χ0n) is 33.2. The van der Waals surface area contributed by atoms with Gasteiger partial charge < -0.3 is 4.90 Å². The SMILES string of the molecule is CCC1CC2CCCC(C2)C12c1ccccc1-c1c(N(c3cccc(-c4cccc5ccccc45)c3)c3ccc4c(c3)-c3ccccc3C43CCCC3)cccc12. The Labute approximate surface area is 338 Å². The van der Waals surface area contributed by atoms with Crippen LogP contribution in [0.15, 0.2) is 152 Å². The molecule has 5 aliphatic rings. The fraction of sp³-hybridized carbons (Fsp3) is 0.286. The molecule has 2 bridgehead atoms. The maximum Gasteiger partial charge on any atom is 0.0543 e. The third kappa shape index (κ3) is 4.69. The molecule has 3 fully saturated rings. The Balaban J connectivity index is 1.11. The Kier molecular flexibility index (Phi) is 7.57. The standard InChI is InChI=1S/C56H51N/c1-2-40-33-37-15-11-19-41(34-37)56(40)51-26-8-6-23-47(51)54-52(56)27-14-28-53(54)57(42-20-12-18-39(35-42)45-24-13-17-38-16-3-4-21-44(38)45)43-29-30-50-48(36-43)46-22-5-7-25-49(46)55(50)31-9-10-32-55/h3-8,12-14,16-18,20-30,35-37,40-41H,2,9-11,15,19,31-34H2,1H3. The van der Waals surface area contributed by atoms with Crippen LogP contribution in [0.5, 0.6) is 0 Å². The van der Waals surface area contributed by atoms with Crippen molar-refractivity contribution in [3.63, 3.8) is 0 Å². The van der Waals surface area contributed by atoms with Crippen molar-refractivity contribution in [1.82, 2.24) is 0 Å². The van der Waals surface area contributed by atoms with Crippen molar-refractivity contribution >= 4 is 27.8 Å². The average Bonchev–Trinajstić information content (AvgIpc) is 3.96. The first-order valence-electron chi connectivity index (χ1n) is 22.0. The quantitative estimate of drug-likeness (QED) is 0.170. The van der Waals surface area contributed by atoms with E-state index in [9.17, 15) is 0 Å². The smallest absolute Gasteiger partial charge is 0.0543 e. The molecule has 1 heteroatoms. The molecule has 0 saturated heterocycles. The van der Waals surface area contributed by atoms with Gasteiger partial charge in [0, 0.05) is 27.8 Å². The van der Waals surface area contributed by atoms with Crippen LogP contribution in [-0.2, 0) is 10.8 Å². The van der Waals surface area contributed by atoms with Crippen LogP contribution in [0, 0.1) is 17.8 Å². The molecule has 4 unspecified atom stereocenters. The van der Waals surface area contributed by atoms with E-state index in [1.54, 1.807) is 16.7 Å². The first-order valence-corrected chi connectivity index (χ1v) is 22.0. The molecule has 0 N–H and O–H groups in total. The van der Waals surface area contributed by atoms with Crippen molar-refractivity contribution in [3.05, 3.63) is 174 Å². The Morgan fingerprint density at radius 2 is 1.25 bits per heavy atom. The van der Waals surface area contributed by atoms with Crippen molar-refractivity contribution in [3.8, 4) is 33.4 Å². The average molecular weight is 738 g/mol. The highest BCUT2D eigenvalue weighted by atomic mass is 15.1. The van der Waals surface area contributed by atoms with Crippen molar-refractivity contribution in [2.24, 2.45) is 17.8 Å². The largest absolute Gasteiger partial charge is 0.310 e. The lowest BCUT2D eigenvalue weighted by atomic mass is 9.50. The normalized spacial score (nSPS) is 23.4. The third-order valence-corrected chi connectivity index (χ3v) is 15.7. The molecule has 1 nitrogen and oxygen atoms in total. The highest BCUT2D eigenvalue weighted by Gasteiger charge is 2.57. The summed E-state index contributed by atoms with van der Waals surface area (Å²) in [6, 6.07) is 58.8. The minimum Gasteiger partial charge on any atom is -0.310 e. The van der Waals surface area contributed by atoms with Crippen LogP contribution in [0.4, 0.5) is 17.1 Å². The summed E-state index contributed by atoms with van der Waals surface area (Å²) in [6.07, 6.45) is 13.2. The van der Waals surface area contributed by atoms with E-state index < -0.39 is 0 Å². The monoisotopic (exact) mass is 737 g/mol. The van der Waals surface area contributed by atoms with E-state index in [4.69, 9.17) is 0 Å². The molecule has 280 valence electrons. The summed E-state index contributed by atoms with van der Waals surface area (Å²) >= 11 is 0. The molecule has 2 spiro atoms. The number of nitrogens with zero attached hydrogens (tertiary/aromatic N) is 1.